The Kier molecular flexibility index (Phi) is 4.58. The highest BCUT2D eigenvalue weighted by atomic mass is 32.2. The van der Waals surface area contributed by atoms with E-state index in [0.717, 1.165) is 11.3 Å². The van der Waals surface area contributed by atoms with E-state index >= 15 is 0 Å². The highest BCUT2D eigenvalue weighted by Gasteiger charge is 2.22. The first-order valence-corrected chi connectivity index (χ1v) is 6.95. The van der Waals surface area contributed by atoms with E-state index in [1.54, 1.807) is 24.2 Å². The molecule has 1 aliphatic rings. The van der Waals surface area contributed by atoms with Gasteiger partial charge in [0.25, 0.3) is 0 Å². The minimum absolute atomic E-state index is 0.0518. The van der Waals surface area contributed by atoms with Gasteiger partial charge in [0.15, 0.2) is 0 Å². The summed E-state index contributed by atoms with van der Waals surface area (Å²) in [5.41, 5.74) is 0.992. The Bertz CT molecular complexity index is 425. The van der Waals surface area contributed by atoms with Crippen LogP contribution >= 0.6 is 11.8 Å². The predicted octanol–water partition coefficient (Wildman–Crippen LogP) is 0.319. The summed E-state index contributed by atoms with van der Waals surface area (Å²) in [5.74, 6) is 1.23. The molecule has 0 aliphatic carbocycles. The second-order valence-corrected chi connectivity index (χ2v) is 5.17. The van der Waals surface area contributed by atoms with Gasteiger partial charge in [-0.3, -0.25) is 14.6 Å². The molecule has 2 amide bonds. The molecular formula is C12H15N3O2S. The van der Waals surface area contributed by atoms with Crippen molar-refractivity contribution in [2.75, 3.05) is 11.5 Å². The summed E-state index contributed by atoms with van der Waals surface area (Å²) in [6.45, 7) is 0.457. The van der Waals surface area contributed by atoms with Crippen molar-refractivity contribution in [3.63, 3.8) is 0 Å². The molecule has 5 nitrogen and oxygen atoms in total. The van der Waals surface area contributed by atoms with Crippen molar-refractivity contribution in [3.05, 3.63) is 30.1 Å². The molecular weight excluding hydrogens is 250 g/mol. The molecule has 18 heavy (non-hydrogen) atoms. The van der Waals surface area contributed by atoms with Crippen LogP contribution in [0.5, 0.6) is 0 Å². The molecule has 6 heteroatoms. The third-order valence-corrected chi connectivity index (χ3v) is 3.69. The van der Waals surface area contributed by atoms with Gasteiger partial charge in [0.2, 0.25) is 11.8 Å². The van der Waals surface area contributed by atoms with Crippen molar-refractivity contribution in [2.45, 2.75) is 19.0 Å². The zero-order chi connectivity index (χ0) is 12.8. The number of thioether (sulfide) groups is 1. The normalized spacial score (nSPS) is 19.8. The van der Waals surface area contributed by atoms with E-state index in [4.69, 9.17) is 0 Å². The topological polar surface area (TPSA) is 71.1 Å². The van der Waals surface area contributed by atoms with E-state index in [9.17, 15) is 9.59 Å². The molecule has 2 heterocycles. The van der Waals surface area contributed by atoms with Crippen molar-refractivity contribution < 1.29 is 9.59 Å². The second-order valence-electron chi connectivity index (χ2n) is 4.02. The molecule has 1 unspecified atom stereocenters. The van der Waals surface area contributed by atoms with Crippen LogP contribution in [0.4, 0.5) is 0 Å². The standard InChI is InChI=1S/C12H15N3O2S/c16-11-3-6-18-8-10(15-11)12(17)14-7-9-1-4-13-5-2-9/h1-2,4-5,10H,3,6-8H2,(H,14,17)(H,15,16). The van der Waals surface area contributed by atoms with E-state index in [-0.39, 0.29) is 11.8 Å². The summed E-state index contributed by atoms with van der Waals surface area (Å²) in [6.07, 6.45) is 3.86. The number of hydrogen-bond donors (Lipinski definition) is 2. The van der Waals surface area contributed by atoms with Crippen LogP contribution in [0.25, 0.3) is 0 Å². The lowest BCUT2D eigenvalue weighted by Gasteiger charge is -2.15. The Balaban J connectivity index is 1.85. The van der Waals surface area contributed by atoms with Gasteiger partial charge in [-0.25, -0.2) is 0 Å². The summed E-state index contributed by atoms with van der Waals surface area (Å²) in [4.78, 5) is 27.2. The number of hydrogen-bond acceptors (Lipinski definition) is 4. The average molecular weight is 265 g/mol. The van der Waals surface area contributed by atoms with Crippen molar-refractivity contribution in [1.82, 2.24) is 15.6 Å². The molecule has 1 aliphatic heterocycles. The molecule has 96 valence electrons. The maximum atomic E-state index is 11.9. The van der Waals surface area contributed by atoms with Crippen molar-refractivity contribution in [3.8, 4) is 0 Å². The predicted molar refractivity (Wildman–Crippen MR) is 70.0 cm³/mol. The monoisotopic (exact) mass is 265 g/mol. The highest BCUT2D eigenvalue weighted by molar-refractivity contribution is 7.99. The van der Waals surface area contributed by atoms with E-state index in [2.05, 4.69) is 15.6 Å². The SMILES string of the molecule is O=C1CCSCC(C(=O)NCc2ccncc2)N1. The Morgan fingerprint density at radius 1 is 1.50 bits per heavy atom. The highest BCUT2D eigenvalue weighted by Crippen LogP contribution is 2.10. The lowest BCUT2D eigenvalue weighted by Crippen LogP contribution is -2.47. The Morgan fingerprint density at radius 3 is 3.06 bits per heavy atom. The molecule has 0 bridgehead atoms. The summed E-state index contributed by atoms with van der Waals surface area (Å²) < 4.78 is 0. The second kappa shape index (κ2) is 6.39. The number of amides is 2. The summed E-state index contributed by atoms with van der Waals surface area (Å²) >= 11 is 1.62. The number of nitrogens with one attached hydrogen (secondary N) is 2. The molecule has 0 saturated carbocycles. The van der Waals surface area contributed by atoms with Crippen LogP contribution in [-0.2, 0) is 16.1 Å². The molecule has 0 spiro atoms. The van der Waals surface area contributed by atoms with Crippen LogP contribution in [0.3, 0.4) is 0 Å². The zero-order valence-electron chi connectivity index (χ0n) is 9.89. The van der Waals surface area contributed by atoms with Crippen LogP contribution in [0, 0.1) is 0 Å². The minimum Gasteiger partial charge on any atom is -0.350 e. The number of pyridine rings is 1. The van der Waals surface area contributed by atoms with Gasteiger partial charge in [-0.15, -0.1) is 0 Å². The fraction of sp³-hybridized carbons (Fsp3) is 0.417. The zero-order valence-corrected chi connectivity index (χ0v) is 10.7. The van der Waals surface area contributed by atoms with Crippen LogP contribution in [0.2, 0.25) is 0 Å². The van der Waals surface area contributed by atoms with Crippen molar-refractivity contribution in [1.29, 1.82) is 0 Å². The summed E-state index contributed by atoms with van der Waals surface area (Å²) in [7, 11) is 0. The third kappa shape index (κ3) is 3.73. The van der Waals surface area contributed by atoms with Crippen molar-refractivity contribution >= 4 is 23.6 Å². The first-order valence-electron chi connectivity index (χ1n) is 5.79. The smallest absolute Gasteiger partial charge is 0.243 e. The average Bonchev–Trinajstić information content (AvgIpc) is 2.62. The van der Waals surface area contributed by atoms with E-state index < -0.39 is 6.04 Å². The van der Waals surface area contributed by atoms with Crippen LogP contribution in [0.15, 0.2) is 24.5 Å². The summed E-state index contributed by atoms with van der Waals surface area (Å²) in [6, 6.07) is 3.27. The van der Waals surface area contributed by atoms with Gasteiger partial charge in [0.05, 0.1) is 0 Å². The van der Waals surface area contributed by atoms with Gasteiger partial charge in [-0.2, -0.15) is 11.8 Å². The largest absolute Gasteiger partial charge is 0.350 e. The molecule has 1 fully saturated rings. The van der Waals surface area contributed by atoms with Gasteiger partial charge >= 0.3 is 0 Å². The molecule has 1 aromatic heterocycles. The van der Waals surface area contributed by atoms with E-state index in [1.807, 2.05) is 12.1 Å². The Labute approximate surface area is 110 Å². The third-order valence-electron chi connectivity index (χ3n) is 2.63. The number of carbonyl (C=O) groups is 2. The molecule has 0 radical (unpaired) electrons. The number of nitrogens with zero attached hydrogens (tertiary/aromatic N) is 1. The first kappa shape index (κ1) is 12.9. The van der Waals surface area contributed by atoms with E-state index in [0.29, 0.717) is 18.7 Å². The van der Waals surface area contributed by atoms with Gasteiger partial charge in [0, 0.05) is 36.9 Å². The number of rotatable bonds is 3. The summed E-state index contributed by atoms with van der Waals surface area (Å²) in [5, 5.41) is 5.55. The lowest BCUT2D eigenvalue weighted by atomic mass is 10.2. The molecule has 1 atom stereocenters. The minimum atomic E-state index is -0.424. The Morgan fingerprint density at radius 2 is 2.28 bits per heavy atom. The van der Waals surface area contributed by atoms with Crippen LogP contribution < -0.4 is 10.6 Å². The van der Waals surface area contributed by atoms with Crippen molar-refractivity contribution in [2.24, 2.45) is 0 Å². The van der Waals surface area contributed by atoms with Crippen LogP contribution in [0.1, 0.15) is 12.0 Å². The van der Waals surface area contributed by atoms with E-state index in [1.165, 1.54) is 0 Å². The quantitative estimate of drug-likeness (QED) is 0.825. The maximum absolute atomic E-state index is 11.9. The fourth-order valence-electron chi connectivity index (χ4n) is 1.63. The molecule has 0 aromatic carbocycles. The Hall–Kier alpha value is -1.56. The van der Waals surface area contributed by atoms with Gasteiger partial charge < -0.3 is 10.6 Å². The molecule has 1 aromatic rings. The number of carbonyl (C=O) groups excluding carboxylic acids is 2. The molecule has 2 rings (SSSR count). The first-order chi connectivity index (χ1) is 8.75. The number of aromatic nitrogens is 1. The fourth-order valence-corrected chi connectivity index (χ4v) is 2.60. The van der Waals surface area contributed by atoms with Gasteiger partial charge in [-0.1, -0.05) is 0 Å². The lowest BCUT2D eigenvalue weighted by molar-refractivity contribution is -0.128. The molecule has 2 N–H and O–H groups in total. The maximum Gasteiger partial charge on any atom is 0.243 e. The van der Waals surface area contributed by atoms with Gasteiger partial charge in [-0.05, 0) is 17.7 Å². The van der Waals surface area contributed by atoms with Crippen LogP contribution in [-0.4, -0.2) is 34.3 Å². The van der Waals surface area contributed by atoms with Gasteiger partial charge in [0.1, 0.15) is 6.04 Å². The molecule has 1 saturated heterocycles.